The van der Waals surface area contributed by atoms with Gasteiger partial charge in [-0.05, 0) is 26.2 Å². The molecule has 0 unspecified atom stereocenters. The van der Waals surface area contributed by atoms with E-state index in [0.29, 0.717) is 0 Å². The Morgan fingerprint density at radius 3 is 2.59 bits per heavy atom. The Balaban J connectivity index is 1.77. The van der Waals surface area contributed by atoms with Gasteiger partial charge in [0, 0.05) is 32.7 Å². The van der Waals surface area contributed by atoms with Crippen LogP contribution < -0.4 is 10.6 Å². The highest BCUT2D eigenvalue weighted by molar-refractivity contribution is 5.85. The van der Waals surface area contributed by atoms with Crippen molar-refractivity contribution in [2.45, 2.75) is 38.6 Å². The van der Waals surface area contributed by atoms with Gasteiger partial charge in [-0.15, -0.1) is 0 Å². The first-order chi connectivity index (χ1) is 8.10. The maximum absolute atomic E-state index is 12.2. The molecule has 0 aromatic heterocycles. The van der Waals surface area contributed by atoms with Crippen molar-refractivity contribution in [1.82, 2.24) is 15.5 Å². The number of carbonyl (C=O) groups excluding carboxylic acids is 1. The number of hydrogen-bond acceptors (Lipinski definition) is 3. The van der Waals surface area contributed by atoms with Gasteiger partial charge in [-0.25, -0.2) is 0 Å². The van der Waals surface area contributed by atoms with Crippen molar-refractivity contribution in [3.05, 3.63) is 0 Å². The van der Waals surface area contributed by atoms with E-state index in [9.17, 15) is 4.79 Å². The van der Waals surface area contributed by atoms with Crippen molar-refractivity contribution in [3.63, 3.8) is 0 Å². The van der Waals surface area contributed by atoms with E-state index >= 15 is 0 Å². The average Bonchev–Trinajstić information content (AvgIpc) is 3.14. The van der Waals surface area contributed by atoms with Crippen LogP contribution in [0, 0.1) is 5.92 Å². The van der Waals surface area contributed by atoms with Gasteiger partial charge in [-0.1, -0.05) is 12.8 Å². The molecule has 0 aromatic carbocycles. The molecule has 0 atom stereocenters. The molecule has 98 valence electrons. The van der Waals surface area contributed by atoms with E-state index in [1.54, 1.807) is 0 Å². The largest absolute Gasteiger partial charge is 0.354 e. The van der Waals surface area contributed by atoms with Gasteiger partial charge in [0.25, 0.3) is 0 Å². The van der Waals surface area contributed by atoms with Crippen LogP contribution >= 0.6 is 0 Å². The van der Waals surface area contributed by atoms with E-state index in [0.717, 1.165) is 45.1 Å². The molecule has 0 bridgehead atoms. The van der Waals surface area contributed by atoms with Gasteiger partial charge >= 0.3 is 0 Å². The van der Waals surface area contributed by atoms with E-state index in [2.05, 4.69) is 15.5 Å². The Labute approximate surface area is 104 Å². The lowest BCUT2D eigenvalue weighted by atomic mass is 10.0. The highest BCUT2D eigenvalue weighted by Gasteiger charge is 2.35. The molecule has 4 nitrogen and oxygen atoms in total. The zero-order valence-electron chi connectivity index (χ0n) is 11.1. The number of nitrogens with zero attached hydrogens (tertiary/aromatic N) is 1. The van der Waals surface area contributed by atoms with Gasteiger partial charge in [0.05, 0.1) is 5.54 Å². The van der Waals surface area contributed by atoms with Gasteiger partial charge < -0.3 is 10.6 Å². The lowest BCUT2D eigenvalue weighted by Gasteiger charge is -2.39. The fraction of sp³-hybridized carbons (Fsp3) is 0.923. The second kappa shape index (κ2) is 5.36. The predicted molar refractivity (Wildman–Crippen MR) is 68.9 cm³/mol. The highest BCUT2D eigenvalue weighted by Crippen LogP contribution is 2.31. The zero-order chi connectivity index (χ0) is 12.3. The van der Waals surface area contributed by atoms with Crippen LogP contribution in [0.1, 0.15) is 33.1 Å². The van der Waals surface area contributed by atoms with Gasteiger partial charge in [0.1, 0.15) is 0 Å². The Morgan fingerprint density at radius 1 is 1.35 bits per heavy atom. The lowest BCUT2D eigenvalue weighted by molar-refractivity contribution is -0.132. The maximum atomic E-state index is 12.2. The number of hydrogen-bond donors (Lipinski definition) is 2. The minimum Gasteiger partial charge on any atom is -0.354 e. The first kappa shape index (κ1) is 12.8. The third-order valence-corrected chi connectivity index (χ3v) is 4.00. The molecule has 1 heterocycles. The fourth-order valence-electron chi connectivity index (χ4n) is 2.38. The molecule has 1 aliphatic heterocycles. The third kappa shape index (κ3) is 3.42. The van der Waals surface area contributed by atoms with Crippen molar-refractivity contribution >= 4 is 5.91 Å². The molecule has 2 rings (SSSR count). The topological polar surface area (TPSA) is 44.4 Å². The minimum atomic E-state index is -0.369. The molecule has 17 heavy (non-hydrogen) atoms. The molecule has 1 saturated heterocycles. The molecular formula is C13H25N3O. The van der Waals surface area contributed by atoms with Crippen molar-refractivity contribution in [3.8, 4) is 0 Å². The molecule has 2 fully saturated rings. The summed E-state index contributed by atoms with van der Waals surface area (Å²) in [4.78, 5) is 14.5. The summed E-state index contributed by atoms with van der Waals surface area (Å²) in [6.45, 7) is 8.80. The number of piperazine rings is 1. The molecule has 1 aliphatic carbocycles. The Bertz CT molecular complexity index is 268. The van der Waals surface area contributed by atoms with E-state index in [4.69, 9.17) is 0 Å². The molecule has 4 heteroatoms. The van der Waals surface area contributed by atoms with Gasteiger partial charge in [-0.2, -0.15) is 0 Å². The number of amides is 1. The average molecular weight is 239 g/mol. The van der Waals surface area contributed by atoms with Crippen LogP contribution in [0.4, 0.5) is 0 Å². The predicted octanol–water partition coefficient (Wildman–Crippen LogP) is 0.587. The van der Waals surface area contributed by atoms with Crippen LogP contribution in [0.15, 0.2) is 0 Å². The standard InChI is InChI=1S/C13H25N3O/c1-13(2,16-9-7-14-8-10-16)12(17)15-6-5-11-3-4-11/h11,14H,3-10H2,1-2H3,(H,15,17). The van der Waals surface area contributed by atoms with Crippen molar-refractivity contribution in [2.75, 3.05) is 32.7 Å². The smallest absolute Gasteiger partial charge is 0.239 e. The van der Waals surface area contributed by atoms with Crippen LogP contribution in [-0.4, -0.2) is 49.1 Å². The molecule has 1 saturated carbocycles. The van der Waals surface area contributed by atoms with Crippen LogP contribution in [0.25, 0.3) is 0 Å². The number of rotatable bonds is 5. The fourth-order valence-corrected chi connectivity index (χ4v) is 2.38. The molecule has 2 N–H and O–H groups in total. The van der Waals surface area contributed by atoms with Crippen LogP contribution in [0.5, 0.6) is 0 Å². The molecule has 0 aromatic rings. The third-order valence-electron chi connectivity index (χ3n) is 4.00. The normalized spacial score (nSPS) is 22.5. The van der Waals surface area contributed by atoms with E-state index in [-0.39, 0.29) is 11.4 Å². The summed E-state index contributed by atoms with van der Waals surface area (Å²) >= 11 is 0. The summed E-state index contributed by atoms with van der Waals surface area (Å²) < 4.78 is 0. The van der Waals surface area contributed by atoms with Crippen LogP contribution in [0.3, 0.4) is 0 Å². The van der Waals surface area contributed by atoms with E-state index in [1.807, 2.05) is 13.8 Å². The van der Waals surface area contributed by atoms with E-state index < -0.39 is 0 Å². The summed E-state index contributed by atoms with van der Waals surface area (Å²) in [6, 6.07) is 0. The van der Waals surface area contributed by atoms with Crippen LogP contribution in [-0.2, 0) is 4.79 Å². The van der Waals surface area contributed by atoms with Gasteiger partial charge in [0.15, 0.2) is 0 Å². The molecule has 0 radical (unpaired) electrons. The number of nitrogens with one attached hydrogen (secondary N) is 2. The Hall–Kier alpha value is -0.610. The Morgan fingerprint density at radius 2 is 2.00 bits per heavy atom. The zero-order valence-corrected chi connectivity index (χ0v) is 11.1. The SMILES string of the molecule is CC(C)(C(=O)NCCC1CC1)N1CCNCC1. The van der Waals surface area contributed by atoms with Gasteiger partial charge in [0.2, 0.25) is 5.91 Å². The minimum absolute atomic E-state index is 0.181. The second-order valence-electron chi connectivity index (χ2n) is 5.78. The van der Waals surface area contributed by atoms with Gasteiger partial charge in [-0.3, -0.25) is 9.69 Å². The summed E-state index contributed by atoms with van der Waals surface area (Å²) in [6.07, 6.45) is 3.87. The van der Waals surface area contributed by atoms with Crippen molar-refractivity contribution in [1.29, 1.82) is 0 Å². The summed E-state index contributed by atoms with van der Waals surface area (Å²) in [5.74, 6) is 1.07. The van der Waals surface area contributed by atoms with Crippen molar-refractivity contribution < 1.29 is 4.79 Å². The molecule has 2 aliphatic rings. The quantitative estimate of drug-likeness (QED) is 0.738. The molecule has 1 amide bonds. The number of carbonyl (C=O) groups is 1. The highest BCUT2D eigenvalue weighted by atomic mass is 16.2. The summed E-state index contributed by atoms with van der Waals surface area (Å²) in [7, 11) is 0. The second-order valence-corrected chi connectivity index (χ2v) is 5.78. The maximum Gasteiger partial charge on any atom is 0.239 e. The lowest BCUT2D eigenvalue weighted by Crippen LogP contribution is -2.60. The van der Waals surface area contributed by atoms with E-state index in [1.165, 1.54) is 12.8 Å². The summed E-state index contributed by atoms with van der Waals surface area (Å²) in [5, 5.41) is 6.41. The Kier molecular flexibility index (Phi) is 4.05. The van der Waals surface area contributed by atoms with Crippen molar-refractivity contribution in [2.24, 2.45) is 5.92 Å². The molecule has 0 spiro atoms. The first-order valence-electron chi connectivity index (χ1n) is 6.85. The molecular weight excluding hydrogens is 214 g/mol. The monoisotopic (exact) mass is 239 g/mol. The van der Waals surface area contributed by atoms with Crippen LogP contribution in [0.2, 0.25) is 0 Å². The summed E-state index contributed by atoms with van der Waals surface area (Å²) in [5.41, 5.74) is -0.369. The first-order valence-corrected chi connectivity index (χ1v) is 6.85.